The number of rotatable bonds is 12. The van der Waals surface area contributed by atoms with Crippen LogP contribution in [-0.2, 0) is 10.3 Å². The molecule has 2 aliphatic rings. The molecule has 204 valence electrons. The number of ether oxygens (including phenoxy) is 1. The van der Waals surface area contributed by atoms with Gasteiger partial charge in [-0.2, -0.15) is 0 Å². The summed E-state index contributed by atoms with van der Waals surface area (Å²) >= 11 is 0. The van der Waals surface area contributed by atoms with Gasteiger partial charge in [0.15, 0.2) is 11.6 Å². The first-order valence-electron chi connectivity index (χ1n) is 13.7. The number of piperidine rings is 1. The van der Waals surface area contributed by atoms with E-state index in [0.717, 1.165) is 37.9 Å². The van der Waals surface area contributed by atoms with Crippen molar-refractivity contribution in [2.24, 2.45) is 11.8 Å². The number of amides is 2. The Kier molecular flexibility index (Phi) is 11.4. The van der Waals surface area contributed by atoms with E-state index in [4.69, 9.17) is 4.74 Å². The van der Waals surface area contributed by atoms with E-state index in [2.05, 4.69) is 10.6 Å². The molecule has 1 aliphatic carbocycles. The van der Waals surface area contributed by atoms with Gasteiger partial charge in [-0.05, 0) is 69.2 Å². The third-order valence-electron chi connectivity index (χ3n) is 8.08. The van der Waals surface area contributed by atoms with Gasteiger partial charge >= 0.3 is 6.03 Å². The van der Waals surface area contributed by atoms with Crippen molar-refractivity contribution >= 4 is 6.03 Å². The Bertz CT molecular complexity index is 821. The number of nitrogens with zero attached hydrogens (tertiary/aromatic N) is 1. The van der Waals surface area contributed by atoms with Gasteiger partial charge in [0.1, 0.15) is 0 Å². The Morgan fingerprint density at radius 3 is 2.64 bits per heavy atom. The molecule has 6 nitrogen and oxygen atoms in total. The average Bonchev–Trinajstić information content (AvgIpc) is 2.89. The molecule has 0 bridgehead atoms. The van der Waals surface area contributed by atoms with E-state index in [-0.39, 0.29) is 18.0 Å². The van der Waals surface area contributed by atoms with Crippen molar-refractivity contribution in [3.05, 3.63) is 35.4 Å². The third-order valence-corrected chi connectivity index (χ3v) is 8.08. The zero-order chi connectivity index (χ0) is 26.0. The van der Waals surface area contributed by atoms with Crippen LogP contribution in [0.25, 0.3) is 0 Å². The number of unbranched alkanes of at least 4 members (excludes halogenated alkanes) is 1. The minimum Gasteiger partial charge on any atom is -0.385 e. The van der Waals surface area contributed by atoms with Crippen LogP contribution in [0.15, 0.2) is 18.2 Å². The van der Waals surface area contributed by atoms with Gasteiger partial charge in [-0.1, -0.05) is 38.2 Å². The molecule has 1 aromatic carbocycles. The fourth-order valence-electron chi connectivity index (χ4n) is 6.07. The third kappa shape index (κ3) is 7.86. The van der Waals surface area contributed by atoms with Gasteiger partial charge in [0.2, 0.25) is 0 Å². The van der Waals surface area contributed by atoms with Crippen LogP contribution in [0.3, 0.4) is 0 Å². The van der Waals surface area contributed by atoms with Crippen molar-refractivity contribution < 1.29 is 23.4 Å². The number of hydrogen-bond acceptors (Lipinski definition) is 4. The monoisotopic (exact) mass is 509 g/mol. The van der Waals surface area contributed by atoms with Gasteiger partial charge in [0, 0.05) is 45.3 Å². The smallest absolute Gasteiger partial charge is 0.317 e. The molecule has 1 heterocycles. The second kappa shape index (κ2) is 14.2. The van der Waals surface area contributed by atoms with Crippen LogP contribution in [0, 0.1) is 23.5 Å². The maximum Gasteiger partial charge on any atom is 0.317 e. The quantitative estimate of drug-likeness (QED) is 0.349. The molecule has 2 fully saturated rings. The molecule has 0 radical (unpaired) electrons. The van der Waals surface area contributed by atoms with Crippen molar-refractivity contribution in [1.82, 2.24) is 15.5 Å². The van der Waals surface area contributed by atoms with E-state index >= 15 is 0 Å². The average molecular weight is 510 g/mol. The highest BCUT2D eigenvalue weighted by Gasteiger charge is 2.41. The number of halogens is 2. The maximum atomic E-state index is 14.1. The van der Waals surface area contributed by atoms with Gasteiger partial charge in [0.25, 0.3) is 0 Å². The summed E-state index contributed by atoms with van der Waals surface area (Å²) in [4.78, 5) is 15.1. The van der Waals surface area contributed by atoms with Crippen LogP contribution in [0.5, 0.6) is 0 Å². The predicted octanol–water partition coefficient (Wildman–Crippen LogP) is 4.95. The number of carbonyl (C=O) groups is 1. The van der Waals surface area contributed by atoms with Crippen LogP contribution in [0.4, 0.5) is 13.6 Å². The molecule has 1 unspecified atom stereocenters. The number of methoxy groups -OCH3 is 1. The SMILES string of the molecule is CNCC(CC1CCCCC1)NC(=O)N1CCC[C@@H]([C@@](O)(CCCCOC)c2ccc(F)c(F)c2)C1. The number of carbonyl (C=O) groups excluding carboxylic acids is 1. The first-order valence-corrected chi connectivity index (χ1v) is 13.7. The molecule has 3 N–H and O–H groups in total. The Morgan fingerprint density at radius 2 is 1.94 bits per heavy atom. The Balaban J connectivity index is 1.70. The number of hydrogen-bond donors (Lipinski definition) is 3. The highest BCUT2D eigenvalue weighted by molar-refractivity contribution is 5.74. The molecule has 3 rings (SSSR count). The highest BCUT2D eigenvalue weighted by atomic mass is 19.2. The summed E-state index contributed by atoms with van der Waals surface area (Å²) < 4.78 is 33.0. The summed E-state index contributed by atoms with van der Waals surface area (Å²) in [6.45, 7) is 2.29. The second-order valence-corrected chi connectivity index (χ2v) is 10.7. The molecule has 1 aromatic rings. The zero-order valence-corrected chi connectivity index (χ0v) is 22.0. The van der Waals surface area contributed by atoms with Gasteiger partial charge in [-0.3, -0.25) is 0 Å². The molecule has 1 aliphatic heterocycles. The van der Waals surface area contributed by atoms with E-state index in [0.29, 0.717) is 50.4 Å². The van der Waals surface area contributed by atoms with E-state index in [1.54, 1.807) is 12.0 Å². The summed E-state index contributed by atoms with van der Waals surface area (Å²) in [6.07, 6.45) is 10.6. The van der Waals surface area contributed by atoms with Gasteiger partial charge < -0.3 is 25.4 Å². The van der Waals surface area contributed by atoms with E-state index in [1.165, 1.54) is 38.2 Å². The Hall–Kier alpha value is -1.77. The molecule has 8 heteroatoms. The summed E-state index contributed by atoms with van der Waals surface area (Å²) in [5.41, 5.74) is -0.982. The second-order valence-electron chi connectivity index (χ2n) is 10.7. The fraction of sp³-hybridized carbons (Fsp3) is 0.750. The van der Waals surface area contributed by atoms with Crippen LogP contribution in [0.1, 0.15) is 76.2 Å². The summed E-state index contributed by atoms with van der Waals surface area (Å²) in [5.74, 6) is -1.52. The van der Waals surface area contributed by atoms with Crippen LogP contribution < -0.4 is 10.6 Å². The Labute approximate surface area is 215 Å². The lowest BCUT2D eigenvalue weighted by Gasteiger charge is -2.43. The molecule has 2 amide bonds. The van der Waals surface area contributed by atoms with Crippen molar-refractivity contribution in [1.29, 1.82) is 0 Å². The predicted molar refractivity (Wildman–Crippen MR) is 138 cm³/mol. The number of likely N-dealkylation sites (N-methyl/N-ethyl adjacent to an activating group) is 1. The van der Waals surface area contributed by atoms with Crippen molar-refractivity contribution in [3.63, 3.8) is 0 Å². The van der Waals surface area contributed by atoms with Gasteiger partial charge in [-0.25, -0.2) is 13.6 Å². The summed E-state index contributed by atoms with van der Waals surface area (Å²) in [7, 11) is 3.54. The van der Waals surface area contributed by atoms with Crippen molar-refractivity contribution in [3.8, 4) is 0 Å². The van der Waals surface area contributed by atoms with Crippen molar-refractivity contribution in [2.75, 3.05) is 40.4 Å². The van der Waals surface area contributed by atoms with Crippen LogP contribution in [0.2, 0.25) is 0 Å². The summed E-state index contributed by atoms with van der Waals surface area (Å²) in [5, 5.41) is 18.4. The number of nitrogens with one attached hydrogen (secondary N) is 2. The zero-order valence-electron chi connectivity index (χ0n) is 22.0. The minimum absolute atomic E-state index is 0.0603. The molecule has 0 spiro atoms. The first kappa shape index (κ1) is 28.8. The molecule has 36 heavy (non-hydrogen) atoms. The topological polar surface area (TPSA) is 73.8 Å². The lowest BCUT2D eigenvalue weighted by Crippen LogP contribution is -2.54. The molecule has 1 saturated carbocycles. The molecular formula is C28H45F2N3O3. The normalized spacial score (nSPS) is 21.7. The molecular weight excluding hydrogens is 464 g/mol. The number of aliphatic hydroxyl groups is 1. The Morgan fingerprint density at radius 1 is 1.17 bits per heavy atom. The highest BCUT2D eigenvalue weighted by Crippen LogP contribution is 2.40. The van der Waals surface area contributed by atoms with E-state index in [1.807, 2.05) is 7.05 Å². The standard InChI is InChI=1S/C28H45F2N3O3/c1-31-19-24(17-21-9-4-3-5-10-21)32-27(34)33-15-8-11-23(20-33)28(35,14-6-7-16-36-2)22-12-13-25(29)26(30)18-22/h12-13,18,21,23-24,31,35H,3-11,14-17,19-20H2,1-2H3,(H,32,34)/t23-,24?,28-/m1/s1. The summed E-state index contributed by atoms with van der Waals surface area (Å²) in [6, 6.07) is 3.61. The number of urea groups is 1. The minimum atomic E-state index is -1.35. The van der Waals surface area contributed by atoms with Gasteiger partial charge in [-0.15, -0.1) is 0 Å². The lowest BCUT2D eigenvalue weighted by atomic mass is 9.74. The largest absolute Gasteiger partial charge is 0.385 e. The number of benzene rings is 1. The molecule has 1 saturated heterocycles. The maximum absolute atomic E-state index is 14.1. The van der Waals surface area contributed by atoms with E-state index in [9.17, 15) is 18.7 Å². The van der Waals surface area contributed by atoms with E-state index < -0.39 is 17.2 Å². The van der Waals surface area contributed by atoms with Crippen LogP contribution >= 0.6 is 0 Å². The molecule has 3 atom stereocenters. The number of likely N-dealkylation sites (tertiary alicyclic amines) is 1. The molecule has 0 aromatic heterocycles. The van der Waals surface area contributed by atoms with Crippen molar-refractivity contribution in [2.45, 2.75) is 82.3 Å². The fourth-order valence-corrected chi connectivity index (χ4v) is 6.07. The van der Waals surface area contributed by atoms with Crippen LogP contribution in [-0.4, -0.2) is 62.5 Å². The first-order chi connectivity index (χ1) is 17.4. The van der Waals surface area contributed by atoms with Gasteiger partial charge in [0.05, 0.1) is 5.60 Å². The lowest BCUT2D eigenvalue weighted by molar-refractivity contribution is -0.0566.